The van der Waals surface area contributed by atoms with Gasteiger partial charge >= 0.3 is 12.1 Å². The van der Waals surface area contributed by atoms with E-state index in [1.807, 2.05) is 18.4 Å². The smallest absolute Gasteiger partial charge is 0.413 e. The summed E-state index contributed by atoms with van der Waals surface area (Å²) in [6.07, 6.45) is 3.54. The highest BCUT2D eigenvalue weighted by Crippen LogP contribution is 2.37. The molecule has 2 aromatic rings. The summed E-state index contributed by atoms with van der Waals surface area (Å²) in [5, 5.41) is 12.4. The average molecular weight is 453 g/mol. The van der Waals surface area contributed by atoms with Crippen molar-refractivity contribution in [3.05, 3.63) is 46.6 Å². The number of nitriles is 1. The molecule has 0 unspecified atom stereocenters. The Balaban J connectivity index is 1.75. The third kappa shape index (κ3) is 4.85. The zero-order valence-corrected chi connectivity index (χ0v) is 19.3. The van der Waals surface area contributed by atoms with Crippen molar-refractivity contribution in [2.45, 2.75) is 45.6 Å². The number of ether oxygens (including phenoxy) is 2. The number of hydrogen-bond acceptors (Lipinski definition) is 6. The highest BCUT2D eigenvalue weighted by molar-refractivity contribution is 6.02. The van der Waals surface area contributed by atoms with E-state index in [1.54, 1.807) is 18.2 Å². The lowest BCUT2D eigenvalue weighted by Crippen LogP contribution is -2.28. The normalized spacial score (nSPS) is 13.3. The summed E-state index contributed by atoms with van der Waals surface area (Å²) >= 11 is 0. The number of nitrogens with one attached hydrogen (secondary N) is 1. The van der Waals surface area contributed by atoms with Crippen LogP contribution in [0.4, 0.5) is 16.3 Å². The van der Waals surface area contributed by atoms with Crippen molar-refractivity contribution in [3.63, 3.8) is 0 Å². The molecule has 1 aliphatic carbocycles. The first-order chi connectivity index (χ1) is 15.8. The number of para-hydroxylation sites is 1. The number of esters is 1. The van der Waals surface area contributed by atoms with Crippen molar-refractivity contribution in [3.8, 4) is 6.07 Å². The predicted octanol–water partition coefficient (Wildman–Crippen LogP) is 4.09. The summed E-state index contributed by atoms with van der Waals surface area (Å²) < 4.78 is 11.9. The summed E-state index contributed by atoms with van der Waals surface area (Å²) in [7, 11) is 2.71. The zero-order chi connectivity index (χ0) is 24.1. The van der Waals surface area contributed by atoms with E-state index >= 15 is 0 Å². The Morgan fingerprint density at radius 3 is 2.52 bits per heavy atom. The third-order valence-corrected chi connectivity index (χ3v) is 6.08. The molecule has 1 saturated carbocycles. The van der Waals surface area contributed by atoms with Crippen molar-refractivity contribution >= 4 is 29.5 Å². The second-order valence-corrected chi connectivity index (χ2v) is 8.02. The lowest BCUT2D eigenvalue weighted by Gasteiger charge is -2.20. The molecule has 1 aromatic heterocycles. The monoisotopic (exact) mass is 452 g/mol. The first kappa shape index (κ1) is 23.9. The van der Waals surface area contributed by atoms with Gasteiger partial charge in [0.15, 0.2) is 6.61 Å². The fraction of sp³-hybridized carbons (Fsp3) is 0.417. The van der Waals surface area contributed by atoms with Crippen LogP contribution in [0.3, 0.4) is 0 Å². The number of nitrogens with zero attached hydrogens (tertiary/aromatic N) is 3. The Kier molecular flexibility index (Phi) is 7.38. The van der Waals surface area contributed by atoms with E-state index in [0.29, 0.717) is 17.1 Å². The van der Waals surface area contributed by atoms with Gasteiger partial charge in [-0.25, -0.2) is 9.59 Å². The van der Waals surface area contributed by atoms with E-state index in [4.69, 9.17) is 9.47 Å². The fourth-order valence-corrected chi connectivity index (χ4v) is 4.26. The van der Waals surface area contributed by atoms with Crippen molar-refractivity contribution in [2.75, 3.05) is 31.0 Å². The molecule has 0 spiro atoms. The molecule has 9 nitrogen and oxygen atoms in total. The lowest BCUT2D eigenvalue weighted by atomic mass is 10.1. The minimum absolute atomic E-state index is 0.122. The summed E-state index contributed by atoms with van der Waals surface area (Å²) in [5.74, 6) is -0.850. The first-order valence-corrected chi connectivity index (χ1v) is 10.8. The van der Waals surface area contributed by atoms with Crippen molar-refractivity contribution in [1.29, 1.82) is 5.26 Å². The quantitative estimate of drug-likeness (QED) is 0.661. The molecular weight excluding hydrogens is 424 g/mol. The standard InChI is InChI=1S/C24H28N4O5/c1-15-16(2)28(17-9-5-6-10-17)22(19(15)13-25)26-21(29)14-33-23(30)18-11-7-8-12-20(18)27(3)24(31)32-4/h7-8,11-12,17H,5-6,9-10,14H2,1-4H3,(H,26,29). The highest BCUT2D eigenvalue weighted by Gasteiger charge is 2.27. The Labute approximate surface area is 192 Å². The Hall–Kier alpha value is -3.80. The molecule has 1 N–H and O–H groups in total. The molecule has 0 saturated heterocycles. The molecule has 1 fully saturated rings. The number of methoxy groups -OCH3 is 1. The maximum absolute atomic E-state index is 12.7. The molecule has 1 heterocycles. The summed E-state index contributed by atoms with van der Waals surface area (Å²) in [4.78, 5) is 38.4. The molecule has 0 bridgehead atoms. The van der Waals surface area contributed by atoms with Crippen LogP contribution in [0, 0.1) is 25.2 Å². The zero-order valence-electron chi connectivity index (χ0n) is 19.3. The minimum Gasteiger partial charge on any atom is -0.452 e. The number of amides is 2. The van der Waals surface area contributed by atoms with Crippen molar-refractivity contribution < 1.29 is 23.9 Å². The second kappa shape index (κ2) is 10.2. The molecule has 174 valence electrons. The van der Waals surface area contributed by atoms with Gasteiger partial charge in [0.2, 0.25) is 0 Å². The summed E-state index contributed by atoms with van der Waals surface area (Å²) in [6.45, 7) is 3.27. The molecule has 0 atom stereocenters. The van der Waals surface area contributed by atoms with E-state index in [1.165, 1.54) is 25.1 Å². The highest BCUT2D eigenvalue weighted by atomic mass is 16.5. The van der Waals surface area contributed by atoms with Gasteiger partial charge in [0.25, 0.3) is 5.91 Å². The van der Waals surface area contributed by atoms with Gasteiger partial charge in [-0.05, 0) is 44.4 Å². The molecule has 0 radical (unpaired) electrons. The topological polar surface area (TPSA) is 114 Å². The van der Waals surface area contributed by atoms with Crippen LogP contribution in [0.25, 0.3) is 0 Å². The van der Waals surface area contributed by atoms with Crippen LogP contribution in [0.1, 0.15) is 58.9 Å². The SMILES string of the molecule is COC(=O)N(C)c1ccccc1C(=O)OCC(=O)Nc1c(C#N)c(C)c(C)n1C1CCCC1. The van der Waals surface area contributed by atoms with Crippen molar-refractivity contribution in [2.24, 2.45) is 0 Å². The van der Waals surface area contributed by atoms with Crippen LogP contribution in [0.5, 0.6) is 0 Å². The molecule has 1 aromatic carbocycles. The second-order valence-electron chi connectivity index (χ2n) is 8.02. The van der Waals surface area contributed by atoms with Gasteiger partial charge in [0.05, 0.1) is 23.9 Å². The molecule has 1 aliphatic rings. The maximum atomic E-state index is 12.7. The number of hydrogen-bond donors (Lipinski definition) is 1. The van der Waals surface area contributed by atoms with E-state index in [-0.39, 0.29) is 11.6 Å². The number of carbonyl (C=O) groups excluding carboxylic acids is 3. The molecular formula is C24H28N4O5. The predicted molar refractivity (Wildman–Crippen MR) is 122 cm³/mol. The van der Waals surface area contributed by atoms with Crippen LogP contribution in [0.2, 0.25) is 0 Å². The lowest BCUT2D eigenvalue weighted by molar-refractivity contribution is -0.119. The van der Waals surface area contributed by atoms with Gasteiger partial charge in [0.1, 0.15) is 11.9 Å². The summed E-state index contributed by atoms with van der Waals surface area (Å²) in [6, 6.07) is 8.79. The van der Waals surface area contributed by atoms with Crippen LogP contribution in [-0.4, -0.2) is 43.3 Å². The molecule has 0 aliphatic heterocycles. The van der Waals surface area contributed by atoms with Gasteiger partial charge in [0, 0.05) is 18.8 Å². The Bertz CT molecular complexity index is 1110. The number of aromatic nitrogens is 1. The fourth-order valence-electron chi connectivity index (χ4n) is 4.26. The van der Waals surface area contributed by atoms with Gasteiger partial charge in [-0.15, -0.1) is 0 Å². The number of carbonyl (C=O) groups is 3. The first-order valence-electron chi connectivity index (χ1n) is 10.8. The van der Waals surface area contributed by atoms with Crippen LogP contribution < -0.4 is 10.2 Å². The van der Waals surface area contributed by atoms with E-state index in [0.717, 1.165) is 36.9 Å². The van der Waals surface area contributed by atoms with Gasteiger partial charge in [-0.1, -0.05) is 25.0 Å². The Morgan fingerprint density at radius 1 is 1.21 bits per heavy atom. The van der Waals surface area contributed by atoms with E-state index in [9.17, 15) is 19.6 Å². The summed E-state index contributed by atoms with van der Waals surface area (Å²) in [5.41, 5.74) is 2.62. The van der Waals surface area contributed by atoms with Gasteiger partial charge < -0.3 is 19.4 Å². The van der Waals surface area contributed by atoms with Crippen LogP contribution >= 0.6 is 0 Å². The number of rotatable bonds is 6. The minimum atomic E-state index is -0.754. The molecule has 3 rings (SSSR count). The molecule has 2 amide bonds. The Morgan fingerprint density at radius 2 is 1.88 bits per heavy atom. The largest absolute Gasteiger partial charge is 0.452 e. The van der Waals surface area contributed by atoms with Crippen molar-refractivity contribution in [1.82, 2.24) is 4.57 Å². The average Bonchev–Trinajstić information content (AvgIpc) is 3.43. The van der Waals surface area contributed by atoms with E-state index in [2.05, 4.69) is 11.4 Å². The molecule has 9 heteroatoms. The molecule has 33 heavy (non-hydrogen) atoms. The van der Waals surface area contributed by atoms with E-state index < -0.39 is 24.6 Å². The maximum Gasteiger partial charge on any atom is 0.413 e. The third-order valence-electron chi connectivity index (χ3n) is 6.08. The van der Waals surface area contributed by atoms with Crippen LogP contribution in [-0.2, 0) is 14.3 Å². The van der Waals surface area contributed by atoms with Gasteiger partial charge in [-0.2, -0.15) is 5.26 Å². The number of anilines is 2. The van der Waals surface area contributed by atoms with Gasteiger partial charge in [-0.3, -0.25) is 9.69 Å². The van der Waals surface area contributed by atoms with Crippen LogP contribution in [0.15, 0.2) is 24.3 Å². The number of benzene rings is 1.